The maximum Gasteiger partial charge on any atom is 0.107 e. The summed E-state index contributed by atoms with van der Waals surface area (Å²) in [5.74, 6) is 2.16. The van der Waals surface area contributed by atoms with Crippen LogP contribution in [0.25, 0.3) is 32.9 Å². The summed E-state index contributed by atoms with van der Waals surface area (Å²) in [4.78, 5) is 12.9. The van der Waals surface area contributed by atoms with Crippen molar-refractivity contribution in [3.8, 4) is 11.1 Å². The first kappa shape index (κ1) is 22.6. The summed E-state index contributed by atoms with van der Waals surface area (Å²) < 4.78 is 0. The number of imidazole rings is 1. The number of hydrogen-bond donors (Lipinski definition) is 4. The maximum atomic E-state index is 5.61. The second-order valence-electron chi connectivity index (χ2n) is 9.21. The molecule has 2 heterocycles. The summed E-state index contributed by atoms with van der Waals surface area (Å²) in [6.45, 7) is 2.28. The Hall–Kier alpha value is -3.22. The van der Waals surface area contributed by atoms with Gasteiger partial charge in [-0.05, 0) is 90.5 Å². The van der Waals surface area contributed by atoms with E-state index in [9.17, 15) is 0 Å². The molecule has 1 aliphatic heterocycles. The van der Waals surface area contributed by atoms with E-state index in [4.69, 9.17) is 21.4 Å². The third-order valence-electron chi connectivity index (χ3n) is 6.67. The molecule has 3 aromatic carbocycles. The van der Waals surface area contributed by atoms with E-state index in [0.717, 1.165) is 80.9 Å². The Kier molecular flexibility index (Phi) is 6.88. The molecular weight excluding hydrogens is 420 g/mol. The van der Waals surface area contributed by atoms with Gasteiger partial charge in [0.1, 0.15) is 5.82 Å². The number of aromatic amines is 1. The quantitative estimate of drug-likeness (QED) is 0.257. The second kappa shape index (κ2) is 10.4. The highest BCUT2D eigenvalue weighted by atomic mass is 15.1. The molecule has 0 radical (unpaired) electrons. The van der Waals surface area contributed by atoms with Gasteiger partial charge in [0.2, 0.25) is 0 Å². The number of benzene rings is 3. The molecule has 1 unspecified atom stereocenters. The minimum atomic E-state index is 0.263. The standard InChI is InChI=1S/C28H34N6/c29-13-3-1-5-27-31-18-26(34-27)23-10-9-19-15-20(7-8-21(19)16-23)22-11-12-24-25(17-22)33-28(32-24)6-2-4-14-30/h7-12,15-17,26H,1-6,13-14,18,29-30H2,(H,31,34)(H,32,33). The smallest absolute Gasteiger partial charge is 0.107 e. The summed E-state index contributed by atoms with van der Waals surface area (Å²) in [7, 11) is 0. The van der Waals surface area contributed by atoms with Crippen molar-refractivity contribution in [2.24, 2.45) is 16.5 Å². The minimum Gasteiger partial charge on any atom is -0.365 e. The Bertz CT molecular complexity index is 1300. The molecule has 0 aliphatic carbocycles. The SMILES string of the molecule is NCCCCC1=NCC(c2ccc3cc(-c4ccc5nc(CCCCN)[nH]c5c4)ccc3c2)N1. The molecule has 0 fully saturated rings. The fourth-order valence-corrected chi connectivity index (χ4v) is 4.73. The number of rotatable bonds is 10. The van der Waals surface area contributed by atoms with Crippen LogP contribution >= 0.6 is 0 Å². The van der Waals surface area contributed by atoms with Crippen LogP contribution in [0.5, 0.6) is 0 Å². The van der Waals surface area contributed by atoms with E-state index in [1.165, 1.54) is 27.5 Å². The van der Waals surface area contributed by atoms with Gasteiger partial charge in [-0.15, -0.1) is 0 Å². The molecule has 0 saturated carbocycles. The average molecular weight is 455 g/mol. The Balaban J connectivity index is 1.31. The summed E-state index contributed by atoms with van der Waals surface area (Å²) in [5, 5.41) is 6.10. The lowest BCUT2D eigenvalue weighted by atomic mass is 9.98. The highest BCUT2D eigenvalue weighted by Gasteiger charge is 2.19. The van der Waals surface area contributed by atoms with Gasteiger partial charge in [-0.1, -0.05) is 30.3 Å². The predicted molar refractivity (Wildman–Crippen MR) is 142 cm³/mol. The van der Waals surface area contributed by atoms with Crippen molar-refractivity contribution >= 4 is 27.6 Å². The van der Waals surface area contributed by atoms with Crippen molar-refractivity contribution in [2.75, 3.05) is 19.6 Å². The van der Waals surface area contributed by atoms with Crippen LogP contribution in [0.4, 0.5) is 0 Å². The lowest BCUT2D eigenvalue weighted by molar-refractivity contribution is 0.697. The van der Waals surface area contributed by atoms with Gasteiger partial charge in [0.15, 0.2) is 0 Å². The van der Waals surface area contributed by atoms with Gasteiger partial charge in [0.05, 0.1) is 29.5 Å². The topological polar surface area (TPSA) is 105 Å². The number of fused-ring (bicyclic) bond motifs is 2. The molecule has 6 heteroatoms. The summed E-state index contributed by atoms with van der Waals surface area (Å²) >= 11 is 0. The Morgan fingerprint density at radius 1 is 0.794 bits per heavy atom. The molecule has 1 aromatic heterocycles. The lowest BCUT2D eigenvalue weighted by Gasteiger charge is -2.14. The second-order valence-corrected chi connectivity index (χ2v) is 9.21. The van der Waals surface area contributed by atoms with Crippen LogP contribution in [-0.4, -0.2) is 35.4 Å². The zero-order chi connectivity index (χ0) is 23.3. The molecule has 5 rings (SSSR count). The fraction of sp³-hybridized carbons (Fsp3) is 0.357. The number of amidine groups is 1. The fourth-order valence-electron chi connectivity index (χ4n) is 4.73. The number of aromatic nitrogens is 2. The predicted octanol–water partition coefficient (Wildman–Crippen LogP) is 4.84. The van der Waals surface area contributed by atoms with Crippen LogP contribution in [0.15, 0.2) is 59.6 Å². The summed E-state index contributed by atoms with van der Waals surface area (Å²) in [5.41, 5.74) is 17.0. The lowest BCUT2D eigenvalue weighted by Crippen LogP contribution is -2.23. The van der Waals surface area contributed by atoms with E-state index >= 15 is 0 Å². The van der Waals surface area contributed by atoms with Gasteiger partial charge in [0, 0.05) is 12.8 Å². The number of aryl methyl sites for hydroxylation is 1. The van der Waals surface area contributed by atoms with E-state index in [1.807, 2.05) is 0 Å². The van der Waals surface area contributed by atoms with Crippen LogP contribution in [0.3, 0.4) is 0 Å². The zero-order valence-corrected chi connectivity index (χ0v) is 19.7. The first-order chi connectivity index (χ1) is 16.7. The highest BCUT2D eigenvalue weighted by Crippen LogP contribution is 2.29. The van der Waals surface area contributed by atoms with Crippen LogP contribution in [0.2, 0.25) is 0 Å². The van der Waals surface area contributed by atoms with Crippen molar-refractivity contribution in [1.82, 2.24) is 15.3 Å². The van der Waals surface area contributed by atoms with Crippen molar-refractivity contribution in [1.29, 1.82) is 0 Å². The van der Waals surface area contributed by atoms with E-state index in [0.29, 0.717) is 0 Å². The van der Waals surface area contributed by atoms with E-state index < -0.39 is 0 Å². The van der Waals surface area contributed by atoms with Gasteiger partial charge in [-0.25, -0.2) is 4.98 Å². The van der Waals surface area contributed by atoms with E-state index in [1.54, 1.807) is 0 Å². The molecular formula is C28H34N6. The monoisotopic (exact) mass is 454 g/mol. The molecule has 6 nitrogen and oxygen atoms in total. The average Bonchev–Trinajstić information content (AvgIpc) is 3.50. The van der Waals surface area contributed by atoms with E-state index in [2.05, 4.69) is 64.9 Å². The van der Waals surface area contributed by atoms with Crippen molar-refractivity contribution in [2.45, 2.75) is 44.6 Å². The molecule has 1 atom stereocenters. The third-order valence-corrected chi connectivity index (χ3v) is 6.67. The largest absolute Gasteiger partial charge is 0.365 e. The molecule has 1 aliphatic rings. The Morgan fingerprint density at radius 3 is 2.38 bits per heavy atom. The molecule has 34 heavy (non-hydrogen) atoms. The number of hydrogen-bond acceptors (Lipinski definition) is 5. The third kappa shape index (κ3) is 4.98. The molecule has 4 aromatic rings. The number of unbranched alkanes of at least 4 members (excludes halogenated alkanes) is 2. The molecule has 0 spiro atoms. The first-order valence-electron chi connectivity index (χ1n) is 12.5. The van der Waals surface area contributed by atoms with Crippen LogP contribution in [-0.2, 0) is 6.42 Å². The van der Waals surface area contributed by atoms with Gasteiger partial charge in [-0.2, -0.15) is 0 Å². The molecule has 176 valence electrons. The number of nitrogens with zero attached hydrogens (tertiary/aromatic N) is 2. The number of H-pyrrole nitrogens is 1. The van der Waals surface area contributed by atoms with Gasteiger partial charge in [0.25, 0.3) is 0 Å². The van der Waals surface area contributed by atoms with Crippen molar-refractivity contribution in [3.63, 3.8) is 0 Å². The zero-order valence-electron chi connectivity index (χ0n) is 19.7. The molecule has 0 amide bonds. The van der Waals surface area contributed by atoms with Crippen LogP contribution in [0, 0.1) is 0 Å². The summed E-state index contributed by atoms with van der Waals surface area (Å²) in [6, 6.07) is 20.2. The van der Waals surface area contributed by atoms with Gasteiger partial charge in [-0.3, -0.25) is 4.99 Å². The number of nitrogens with one attached hydrogen (secondary N) is 2. The van der Waals surface area contributed by atoms with Crippen molar-refractivity contribution in [3.05, 3.63) is 66.0 Å². The molecule has 0 bridgehead atoms. The van der Waals surface area contributed by atoms with Crippen molar-refractivity contribution < 1.29 is 0 Å². The number of nitrogens with two attached hydrogens (primary N) is 2. The molecule has 0 saturated heterocycles. The maximum absolute atomic E-state index is 5.61. The highest BCUT2D eigenvalue weighted by molar-refractivity contribution is 5.90. The van der Waals surface area contributed by atoms with Crippen LogP contribution < -0.4 is 16.8 Å². The minimum absolute atomic E-state index is 0.263. The van der Waals surface area contributed by atoms with Gasteiger partial charge < -0.3 is 21.8 Å². The van der Waals surface area contributed by atoms with Crippen LogP contribution in [0.1, 0.15) is 49.5 Å². The summed E-state index contributed by atoms with van der Waals surface area (Å²) in [6.07, 6.45) is 6.16. The Morgan fingerprint density at radius 2 is 1.53 bits per heavy atom. The van der Waals surface area contributed by atoms with Gasteiger partial charge >= 0.3 is 0 Å². The first-order valence-corrected chi connectivity index (χ1v) is 12.5. The Labute approximate surface area is 200 Å². The molecule has 6 N–H and O–H groups in total. The van der Waals surface area contributed by atoms with E-state index in [-0.39, 0.29) is 6.04 Å². The number of aliphatic imine (C=N–C) groups is 1. The normalized spacial score (nSPS) is 15.7.